The molecule has 7 nitrogen and oxygen atoms in total. The molecule has 0 spiro atoms. The molecule has 5 rings (SSSR count). The number of hydrogen-bond acceptors (Lipinski definition) is 5. The molecule has 0 saturated heterocycles. The molecule has 0 N–H and O–H groups in total. The van der Waals surface area contributed by atoms with E-state index in [1.165, 1.54) is 0 Å². The zero-order valence-corrected chi connectivity index (χ0v) is 13.7. The standard InChI is InChI=1S/C18H16N6O/c1-22-14-4-2-3-5-15(14)24(12-6-7-12)17-13(18(22)25)10-16(20-21-17)23-9-8-19-11-23/h2-5,8-12H,6-7H2,1H3. The second kappa shape index (κ2) is 5.14. The number of imidazole rings is 1. The van der Waals surface area contributed by atoms with Crippen molar-refractivity contribution in [1.82, 2.24) is 19.7 Å². The van der Waals surface area contributed by atoms with Crippen LogP contribution in [0.1, 0.15) is 23.2 Å². The maximum absolute atomic E-state index is 13.1. The second-order valence-corrected chi connectivity index (χ2v) is 6.36. The van der Waals surface area contributed by atoms with Crippen molar-refractivity contribution in [3.8, 4) is 5.82 Å². The number of rotatable bonds is 2. The van der Waals surface area contributed by atoms with Gasteiger partial charge >= 0.3 is 0 Å². The molecule has 1 saturated carbocycles. The Labute approximate surface area is 144 Å². The Hall–Kier alpha value is -3.22. The molecule has 1 aliphatic carbocycles. The van der Waals surface area contributed by atoms with Crippen molar-refractivity contribution in [2.75, 3.05) is 16.8 Å². The van der Waals surface area contributed by atoms with Crippen LogP contribution in [-0.2, 0) is 0 Å². The summed E-state index contributed by atoms with van der Waals surface area (Å²) < 4.78 is 1.75. The summed E-state index contributed by atoms with van der Waals surface area (Å²) in [5, 5.41) is 8.77. The smallest absolute Gasteiger partial charge is 0.262 e. The molecule has 1 aromatic carbocycles. The molecule has 2 aromatic heterocycles. The van der Waals surface area contributed by atoms with Crippen molar-refractivity contribution < 1.29 is 4.79 Å². The number of para-hydroxylation sites is 2. The minimum absolute atomic E-state index is 0.0816. The maximum atomic E-state index is 13.1. The topological polar surface area (TPSA) is 67.2 Å². The minimum atomic E-state index is -0.0816. The van der Waals surface area contributed by atoms with Gasteiger partial charge in [-0.3, -0.25) is 9.36 Å². The van der Waals surface area contributed by atoms with Crippen LogP contribution in [0.2, 0.25) is 0 Å². The summed E-state index contributed by atoms with van der Waals surface area (Å²) in [5.74, 6) is 1.13. The summed E-state index contributed by atoms with van der Waals surface area (Å²) in [5.41, 5.74) is 2.45. The van der Waals surface area contributed by atoms with Gasteiger partial charge in [0.1, 0.15) is 6.33 Å². The first kappa shape index (κ1) is 14.2. The van der Waals surface area contributed by atoms with E-state index in [-0.39, 0.29) is 5.91 Å². The predicted molar refractivity (Wildman–Crippen MR) is 93.5 cm³/mol. The molecule has 1 aliphatic heterocycles. The molecule has 0 unspecified atom stereocenters. The highest BCUT2D eigenvalue weighted by molar-refractivity contribution is 6.13. The van der Waals surface area contributed by atoms with E-state index in [4.69, 9.17) is 0 Å². The molecule has 124 valence electrons. The number of carbonyl (C=O) groups excluding carboxylic acids is 1. The molecule has 0 bridgehead atoms. The number of hydrogen-bond donors (Lipinski definition) is 0. The Kier molecular flexibility index (Phi) is 2.91. The highest BCUT2D eigenvalue weighted by atomic mass is 16.2. The summed E-state index contributed by atoms with van der Waals surface area (Å²) in [6, 6.07) is 10.1. The van der Waals surface area contributed by atoms with E-state index in [0.717, 1.165) is 24.2 Å². The molecule has 2 aliphatic rings. The number of benzene rings is 1. The maximum Gasteiger partial charge on any atom is 0.262 e. The van der Waals surface area contributed by atoms with E-state index in [1.807, 2.05) is 24.3 Å². The largest absolute Gasteiger partial charge is 0.319 e. The summed E-state index contributed by atoms with van der Waals surface area (Å²) >= 11 is 0. The lowest BCUT2D eigenvalue weighted by Crippen LogP contribution is -2.26. The Morgan fingerprint density at radius 1 is 1.12 bits per heavy atom. The minimum Gasteiger partial charge on any atom is -0.319 e. The van der Waals surface area contributed by atoms with Gasteiger partial charge in [0.15, 0.2) is 11.6 Å². The van der Waals surface area contributed by atoms with Gasteiger partial charge < -0.3 is 9.80 Å². The van der Waals surface area contributed by atoms with Gasteiger partial charge in [0, 0.05) is 25.5 Å². The van der Waals surface area contributed by atoms with E-state index >= 15 is 0 Å². The quantitative estimate of drug-likeness (QED) is 0.721. The number of nitrogens with zero attached hydrogens (tertiary/aromatic N) is 6. The Morgan fingerprint density at radius 2 is 1.92 bits per heavy atom. The van der Waals surface area contributed by atoms with Crippen LogP contribution in [-0.4, -0.2) is 38.7 Å². The highest BCUT2D eigenvalue weighted by Gasteiger charge is 2.38. The third kappa shape index (κ3) is 2.12. The van der Waals surface area contributed by atoms with Crippen molar-refractivity contribution in [1.29, 1.82) is 0 Å². The molecule has 3 aromatic rings. The van der Waals surface area contributed by atoms with Crippen molar-refractivity contribution in [3.63, 3.8) is 0 Å². The molecule has 1 fully saturated rings. The Bertz CT molecular complexity index is 963. The van der Waals surface area contributed by atoms with Crippen LogP contribution in [0.3, 0.4) is 0 Å². The number of anilines is 3. The highest BCUT2D eigenvalue weighted by Crippen LogP contribution is 2.45. The summed E-state index contributed by atoms with van der Waals surface area (Å²) in [4.78, 5) is 21.0. The number of aromatic nitrogens is 4. The first-order chi connectivity index (χ1) is 12.2. The molecular formula is C18H16N6O. The fraction of sp³-hybridized carbons (Fsp3) is 0.222. The molecule has 0 atom stereocenters. The van der Waals surface area contributed by atoms with Gasteiger partial charge in [-0.05, 0) is 31.0 Å². The average Bonchev–Trinajstić information content (AvgIpc) is 3.34. The van der Waals surface area contributed by atoms with Crippen molar-refractivity contribution >= 4 is 23.1 Å². The summed E-state index contributed by atoms with van der Waals surface area (Å²) in [7, 11) is 1.80. The van der Waals surface area contributed by atoms with Gasteiger partial charge in [-0.15, -0.1) is 10.2 Å². The van der Waals surface area contributed by atoms with Gasteiger partial charge in [0.2, 0.25) is 0 Å². The van der Waals surface area contributed by atoms with E-state index in [1.54, 1.807) is 41.3 Å². The second-order valence-electron chi connectivity index (χ2n) is 6.36. The lowest BCUT2D eigenvalue weighted by atomic mass is 10.2. The van der Waals surface area contributed by atoms with E-state index in [0.29, 0.717) is 23.2 Å². The monoisotopic (exact) mass is 332 g/mol. The number of amides is 1. The molecule has 3 heterocycles. The fourth-order valence-electron chi connectivity index (χ4n) is 3.29. The van der Waals surface area contributed by atoms with Crippen LogP contribution in [0.25, 0.3) is 5.82 Å². The number of carbonyl (C=O) groups is 1. The fourth-order valence-corrected chi connectivity index (χ4v) is 3.29. The zero-order chi connectivity index (χ0) is 17.0. The molecular weight excluding hydrogens is 316 g/mol. The van der Waals surface area contributed by atoms with E-state index in [9.17, 15) is 4.79 Å². The van der Waals surface area contributed by atoms with Crippen LogP contribution in [0.5, 0.6) is 0 Å². The molecule has 1 amide bonds. The first-order valence-electron chi connectivity index (χ1n) is 8.26. The third-order valence-electron chi connectivity index (χ3n) is 4.71. The lowest BCUT2D eigenvalue weighted by Gasteiger charge is -2.25. The summed E-state index contributed by atoms with van der Waals surface area (Å²) in [6.45, 7) is 0. The zero-order valence-electron chi connectivity index (χ0n) is 13.7. The van der Waals surface area contributed by atoms with Crippen LogP contribution in [0.4, 0.5) is 17.2 Å². The van der Waals surface area contributed by atoms with Crippen molar-refractivity contribution in [2.45, 2.75) is 18.9 Å². The molecule has 0 radical (unpaired) electrons. The van der Waals surface area contributed by atoms with Crippen LogP contribution in [0.15, 0.2) is 49.1 Å². The SMILES string of the molecule is CN1C(=O)c2cc(-n3ccnc3)nnc2N(C2CC2)c2ccccc21. The van der Waals surface area contributed by atoms with E-state index in [2.05, 4.69) is 20.1 Å². The van der Waals surface area contributed by atoms with E-state index < -0.39 is 0 Å². The lowest BCUT2D eigenvalue weighted by molar-refractivity contribution is 0.0994. The van der Waals surface area contributed by atoms with Crippen molar-refractivity contribution in [2.24, 2.45) is 0 Å². The average molecular weight is 332 g/mol. The van der Waals surface area contributed by atoms with Gasteiger partial charge in [0.25, 0.3) is 5.91 Å². The van der Waals surface area contributed by atoms with Crippen molar-refractivity contribution in [3.05, 3.63) is 54.6 Å². The van der Waals surface area contributed by atoms with Gasteiger partial charge in [-0.25, -0.2) is 4.98 Å². The van der Waals surface area contributed by atoms with Crippen LogP contribution in [0, 0.1) is 0 Å². The number of fused-ring (bicyclic) bond motifs is 2. The molecule has 25 heavy (non-hydrogen) atoms. The normalized spacial score (nSPS) is 16.4. The first-order valence-corrected chi connectivity index (χ1v) is 8.26. The van der Waals surface area contributed by atoms with Crippen LogP contribution >= 0.6 is 0 Å². The van der Waals surface area contributed by atoms with Gasteiger partial charge in [-0.2, -0.15) is 0 Å². The third-order valence-corrected chi connectivity index (χ3v) is 4.71. The van der Waals surface area contributed by atoms with Gasteiger partial charge in [0.05, 0.1) is 16.9 Å². The van der Waals surface area contributed by atoms with Crippen LogP contribution < -0.4 is 9.80 Å². The predicted octanol–water partition coefficient (Wildman–Crippen LogP) is 2.55. The Morgan fingerprint density at radius 3 is 2.64 bits per heavy atom. The van der Waals surface area contributed by atoms with Gasteiger partial charge in [-0.1, -0.05) is 12.1 Å². The summed E-state index contributed by atoms with van der Waals surface area (Å²) in [6.07, 6.45) is 7.30. The molecule has 7 heteroatoms. The Balaban J connectivity index is 1.74.